The van der Waals surface area contributed by atoms with Gasteiger partial charge >= 0.3 is 6.61 Å². The maximum Gasteiger partial charge on any atom is 0.387 e. The van der Waals surface area contributed by atoms with Gasteiger partial charge in [-0.3, -0.25) is 4.79 Å². The lowest BCUT2D eigenvalue weighted by molar-refractivity contribution is -0.0498. The minimum Gasteiger partial charge on any atom is -0.435 e. The second-order valence-corrected chi connectivity index (χ2v) is 4.90. The zero-order valence-electron chi connectivity index (χ0n) is 11.5. The molecular weight excluding hydrogens is 268 g/mol. The van der Waals surface area contributed by atoms with Gasteiger partial charge in [0.2, 0.25) is 0 Å². The first-order valence-electron chi connectivity index (χ1n) is 6.39. The van der Waals surface area contributed by atoms with E-state index in [1.54, 1.807) is 0 Å². The van der Waals surface area contributed by atoms with Crippen LogP contribution in [0.1, 0.15) is 30.6 Å². The molecule has 0 aromatic heterocycles. The molecule has 1 amide bonds. The third kappa shape index (κ3) is 5.97. The highest BCUT2D eigenvalue weighted by molar-refractivity contribution is 5.94. The largest absolute Gasteiger partial charge is 0.435 e. The molecule has 0 saturated carbocycles. The molecule has 1 aromatic rings. The summed E-state index contributed by atoms with van der Waals surface area (Å²) in [4.78, 5) is 11.8. The number of amides is 1. The van der Waals surface area contributed by atoms with Crippen LogP contribution in [0, 0.1) is 5.92 Å². The number of rotatable bonds is 7. The molecule has 1 aromatic carbocycles. The van der Waals surface area contributed by atoms with Crippen molar-refractivity contribution >= 4 is 5.91 Å². The maximum atomic E-state index is 12.1. The van der Waals surface area contributed by atoms with Crippen LogP contribution < -0.4 is 10.1 Å². The topological polar surface area (TPSA) is 58.6 Å². The molecule has 0 aliphatic carbocycles. The van der Waals surface area contributed by atoms with Gasteiger partial charge in [-0.1, -0.05) is 19.9 Å². The van der Waals surface area contributed by atoms with E-state index in [4.69, 9.17) is 0 Å². The van der Waals surface area contributed by atoms with Crippen molar-refractivity contribution in [2.45, 2.75) is 33.0 Å². The first-order chi connectivity index (χ1) is 9.38. The van der Waals surface area contributed by atoms with Gasteiger partial charge in [0.05, 0.1) is 6.10 Å². The van der Waals surface area contributed by atoms with Crippen LogP contribution >= 0.6 is 0 Å². The van der Waals surface area contributed by atoms with E-state index in [1.165, 1.54) is 24.3 Å². The van der Waals surface area contributed by atoms with E-state index in [-0.39, 0.29) is 17.9 Å². The summed E-state index contributed by atoms with van der Waals surface area (Å²) in [6, 6.07) is 5.52. The third-order valence-corrected chi connectivity index (χ3v) is 2.56. The number of hydrogen-bond donors (Lipinski definition) is 2. The number of aliphatic hydroxyl groups is 1. The average molecular weight is 287 g/mol. The Hall–Kier alpha value is -1.69. The molecular formula is C14H19F2NO3. The first kappa shape index (κ1) is 16.4. The summed E-state index contributed by atoms with van der Waals surface area (Å²) in [5.74, 6) is -0.187. The van der Waals surface area contributed by atoms with Gasteiger partial charge in [0.25, 0.3) is 5.91 Å². The standard InChI is InChI=1S/C14H19F2NO3/c1-9(2)6-11(18)8-17-13(19)10-4-3-5-12(7-10)20-14(15)16/h3-5,7,9,11,14,18H,6,8H2,1-2H3,(H,17,19). The highest BCUT2D eigenvalue weighted by Gasteiger charge is 2.12. The van der Waals surface area contributed by atoms with Crippen LogP contribution in [0.2, 0.25) is 0 Å². The average Bonchev–Trinajstić information content (AvgIpc) is 2.34. The van der Waals surface area contributed by atoms with Crippen LogP contribution in [-0.4, -0.2) is 30.3 Å². The summed E-state index contributed by atoms with van der Waals surface area (Å²) < 4.78 is 28.4. The van der Waals surface area contributed by atoms with Gasteiger partial charge in [-0.25, -0.2) is 0 Å². The molecule has 0 heterocycles. The summed E-state index contributed by atoms with van der Waals surface area (Å²) in [5.41, 5.74) is 0.208. The minimum absolute atomic E-state index is 0.0737. The zero-order chi connectivity index (χ0) is 15.1. The molecule has 0 aliphatic rings. The Morgan fingerprint density at radius 1 is 1.40 bits per heavy atom. The predicted molar refractivity (Wildman–Crippen MR) is 70.9 cm³/mol. The fourth-order valence-electron chi connectivity index (χ4n) is 1.75. The van der Waals surface area contributed by atoms with Gasteiger partial charge in [-0.05, 0) is 30.5 Å². The molecule has 2 N–H and O–H groups in total. The summed E-state index contributed by atoms with van der Waals surface area (Å²) in [6.45, 7) is 1.13. The molecule has 1 rings (SSSR count). The van der Waals surface area contributed by atoms with Crippen LogP contribution in [0.15, 0.2) is 24.3 Å². The van der Waals surface area contributed by atoms with Gasteiger partial charge in [0.15, 0.2) is 0 Å². The zero-order valence-corrected chi connectivity index (χ0v) is 11.5. The number of aliphatic hydroxyl groups excluding tert-OH is 1. The molecule has 0 spiro atoms. The predicted octanol–water partition coefficient (Wildman–Crippen LogP) is 2.42. The van der Waals surface area contributed by atoms with Gasteiger partial charge in [-0.2, -0.15) is 8.78 Å². The van der Waals surface area contributed by atoms with Gasteiger partial charge in [0, 0.05) is 12.1 Å². The molecule has 0 radical (unpaired) electrons. The van der Waals surface area contributed by atoms with Gasteiger partial charge < -0.3 is 15.2 Å². The Morgan fingerprint density at radius 3 is 2.70 bits per heavy atom. The fourth-order valence-corrected chi connectivity index (χ4v) is 1.75. The van der Waals surface area contributed by atoms with E-state index in [0.29, 0.717) is 12.3 Å². The molecule has 112 valence electrons. The first-order valence-corrected chi connectivity index (χ1v) is 6.39. The van der Waals surface area contributed by atoms with E-state index in [0.717, 1.165) is 0 Å². The number of hydrogen-bond acceptors (Lipinski definition) is 3. The van der Waals surface area contributed by atoms with Crippen molar-refractivity contribution in [2.75, 3.05) is 6.54 Å². The lowest BCUT2D eigenvalue weighted by Gasteiger charge is -2.14. The van der Waals surface area contributed by atoms with Crippen molar-refractivity contribution in [1.29, 1.82) is 0 Å². The second-order valence-electron chi connectivity index (χ2n) is 4.90. The molecule has 1 unspecified atom stereocenters. The van der Waals surface area contributed by atoms with Crippen molar-refractivity contribution in [3.63, 3.8) is 0 Å². The van der Waals surface area contributed by atoms with Crippen LogP contribution in [0.4, 0.5) is 8.78 Å². The van der Waals surface area contributed by atoms with Gasteiger partial charge in [-0.15, -0.1) is 0 Å². The summed E-state index contributed by atoms with van der Waals surface area (Å²) in [6.07, 6.45) is -0.0473. The van der Waals surface area contributed by atoms with E-state index in [9.17, 15) is 18.7 Å². The Kier molecular flexibility index (Phi) is 6.38. The van der Waals surface area contributed by atoms with E-state index < -0.39 is 18.6 Å². The van der Waals surface area contributed by atoms with Crippen molar-refractivity contribution in [1.82, 2.24) is 5.32 Å². The highest BCUT2D eigenvalue weighted by atomic mass is 19.3. The SMILES string of the molecule is CC(C)CC(O)CNC(=O)c1cccc(OC(F)F)c1. The van der Waals surface area contributed by atoms with Crippen LogP contribution in [0.5, 0.6) is 5.75 Å². The Labute approximate surface area is 116 Å². The number of carbonyl (C=O) groups is 1. The van der Waals surface area contributed by atoms with Crippen LogP contribution in [-0.2, 0) is 0 Å². The number of benzene rings is 1. The van der Waals surface area contributed by atoms with Crippen molar-refractivity contribution < 1.29 is 23.4 Å². The molecule has 0 saturated heterocycles. The number of ether oxygens (including phenoxy) is 1. The van der Waals surface area contributed by atoms with Gasteiger partial charge in [0.1, 0.15) is 5.75 Å². The second kappa shape index (κ2) is 7.79. The molecule has 20 heavy (non-hydrogen) atoms. The number of halogens is 2. The summed E-state index contributed by atoms with van der Waals surface area (Å²) in [5, 5.41) is 12.2. The van der Waals surface area contributed by atoms with Crippen molar-refractivity contribution in [2.24, 2.45) is 5.92 Å². The molecule has 4 nitrogen and oxygen atoms in total. The molecule has 0 bridgehead atoms. The number of alkyl halides is 2. The van der Waals surface area contributed by atoms with Crippen LogP contribution in [0.3, 0.4) is 0 Å². The molecule has 6 heteroatoms. The monoisotopic (exact) mass is 287 g/mol. The van der Waals surface area contributed by atoms with E-state index in [1.807, 2.05) is 13.8 Å². The Bertz CT molecular complexity index is 438. The highest BCUT2D eigenvalue weighted by Crippen LogP contribution is 2.15. The number of nitrogens with one attached hydrogen (secondary N) is 1. The smallest absolute Gasteiger partial charge is 0.387 e. The fraction of sp³-hybridized carbons (Fsp3) is 0.500. The minimum atomic E-state index is -2.93. The normalized spacial score (nSPS) is 12.6. The lowest BCUT2D eigenvalue weighted by atomic mass is 10.1. The van der Waals surface area contributed by atoms with E-state index >= 15 is 0 Å². The molecule has 0 fully saturated rings. The Morgan fingerprint density at radius 2 is 2.10 bits per heavy atom. The summed E-state index contributed by atoms with van der Waals surface area (Å²) >= 11 is 0. The molecule has 1 atom stereocenters. The number of carbonyl (C=O) groups excluding carboxylic acids is 1. The van der Waals surface area contributed by atoms with Crippen molar-refractivity contribution in [3.8, 4) is 5.75 Å². The van der Waals surface area contributed by atoms with E-state index in [2.05, 4.69) is 10.1 Å². The lowest BCUT2D eigenvalue weighted by Crippen LogP contribution is -2.32. The maximum absolute atomic E-state index is 12.1. The third-order valence-electron chi connectivity index (χ3n) is 2.56. The molecule has 0 aliphatic heterocycles. The van der Waals surface area contributed by atoms with Crippen molar-refractivity contribution in [3.05, 3.63) is 29.8 Å². The van der Waals surface area contributed by atoms with Crippen LogP contribution in [0.25, 0.3) is 0 Å². The Balaban J connectivity index is 2.55. The summed E-state index contributed by atoms with van der Waals surface area (Å²) in [7, 11) is 0. The quantitative estimate of drug-likeness (QED) is 0.809.